The molecule has 19 heavy (non-hydrogen) atoms. The van der Waals surface area contributed by atoms with Gasteiger partial charge in [0.2, 0.25) is 5.78 Å². The number of ketones is 1. The van der Waals surface area contributed by atoms with Crippen LogP contribution in [-0.4, -0.2) is 18.0 Å². The molecule has 0 spiro atoms. The zero-order valence-corrected chi connectivity index (χ0v) is 10.7. The van der Waals surface area contributed by atoms with Gasteiger partial charge in [0.25, 0.3) is 0 Å². The van der Waals surface area contributed by atoms with Crippen LogP contribution in [0.2, 0.25) is 0 Å². The molecule has 0 bridgehead atoms. The molecule has 1 aromatic heterocycles. The highest BCUT2D eigenvalue weighted by Crippen LogP contribution is 2.28. The maximum Gasteiger partial charge on any atom is 0.408 e. The topological polar surface area (TPSA) is 55.4 Å². The van der Waals surface area contributed by atoms with Crippen LogP contribution in [0.15, 0.2) is 47.8 Å². The molecule has 0 unspecified atom stereocenters. The highest BCUT2D eigenvalue weighted by Gasteiger charge is 2.40. The van der Waals surface area contributed by atoms with Gasteiger partial charge in [-0.1, -0.05) is 36.4 Å². The van der Waals surface area contributed by atoms with Crippen molar-refractivity contribution in [3.8, 4) is 0 Å². The number of ether oxygens (including phenoxy) is 1. The largest absolute Gasteiger partial charge is 0.435 e. The number of alkyl carbamates (subject to hydrolysis) is 1. The van der Waals surface area contributed by atoms with Gasteiger partial charge in [0.1, 0.15) is 6.04 Å². The minimum Gasteiger partial charge on any atom is -0.435 e. The monoisotopic (exact) mass is 273 g/mol. The van der Waals surface area contributed by atoms with Gasteiger partial charge in [-0.2, -0.15) is 0 Å². The van der Waals surface area contributed by atoms with E-state index in [1.54, 1.807) is 12.1 Å². The first-order valence-corrected chi connectivity index (χ1v) is 6.73. The van der Waals surface area contributed by atoms with Crippen LogP contribution in [0.1, 0.15) is 21.3 Å². The van der Waals surface area contributed by atoms with Crippen LogP contribution >= 0.6 is 11.3 Å². The lowest BCUT2D eigenvalue weighted by Gasteiger charge is -2.15. The molecule has 2 aromatic rings. The van der Waals surface area contributed by atoms with Gasteiger partial charge in [-0.05, 0) is 17.0 Å². The first-order chi connectivity index (χ1) is 9.25. The summed E-state index contributed by atoms with van der Waals surface area (Å²) in [5.74, 6) is -0.165. The molecule has 3 rings (SSSR count). The molecule has 4 nitrogen and oxygen atoms in total. The van der Waals surface area contributed by atoms with Crippen LogP contribution in [-0.2, 0) is 4.74 Å². The van der Waals surface area contributed by atoms with Crippen LogP contribution in [0, 0.1) is 0 Å². The lowest BCUT2D eigenvalue weighted by Crippen LogP contribution is -2.28. The Bertz CT molecular complexity index is 594. The summed E-state index contributed by atoms with van der Waals surface area (Å²) in [5.41, 5.74) is 0.864. The van der Waals surface area contributed by atoms with E-state index in [9.17, 15) is 9.59 Å². The summed E-state index contributed by atoms with van der Waals surface area (Å²) >= 11 is 1.35. The van der Waals surface area contributed by atoms with Crippen LogP contribution in [0.3, 0.4) is 0 Å². The minimum absolute atomic E-state index is 0.165. The Morgan fingerprint density at radius 3 is 2.63 bits per heavy atom. The number of carbonyl (C=O) groups excluding carboxylic acids is 2. The zero-order valence-electron chi connectivity index (χ0n) is 9.91. The van der Waals surface area contributed by atoms with Crippen LogP contribution in [0.25, 0.3) is 0 Å². The fraction of sp³-hybridized carbons (Fsp3) is 0.143. The first-order valence-electron chi connectivity index (χ1n) is 5.85. The summed E-state index contributed by atoms with van der Waals surface area (Å²) in [7, 11) is 0. The number of hydrogen-bond acceptors (Lipinski definition) is 4. The van der Waals surface area contributed by atoms with Crippen molar-refractivity contribution in [2.45, 2.75) is 12.1 Å². The minimum atomic E-state index is -0.798. The smallest absolute Gasteiger partial charge is 0.408 e. The maximum atomic E-state index is 12.3. The molecule has 1 N–H and O–H groups in total. The molecule has 1 aliphatic heterocycles. The second-order valence-corrected chi connectivity index (χ2v) is 5.15. The molecule has 0 saturated carbocycles. The molecule has 1 saturated heterocycles. The van der Waals surface area contributed by atoms with E-state index in [1.165, 1.54) is 11.3 Å². The SMILES string of the molecule is O=C1N[C@@H](c2ccccc2)[C@H](C(=O)c2cccs2)O1. The van der Waals surface area contributed by atoms with E-state index in [4.69, 9.17) is 4.74 Å². The molecule has 5 heteroatoms. The standard InChI is InChI=1S/C14H11NO3S/c16-12(10-7-4-8-19-10)13-11(15-14(17)18-13)9-5-2-1-3-6-9/h1-8,11,13H,(H,15,17)/t11-,13+/m0/s1. The quantitative estimate of drug-likeness (QED) is 0.875. The fourth-order valence-electron chi connectivity index (χ4n) is 2.10. The number of carbonyl (C=O) groups is 2. The van der Waals surface area contributed by atoms with E-state index in [2.05, 4.69) is 5.32 Å². The summed E-state index contributed by atoms with van der Waals surface area (Å²) in [6.45, 7) is 0. The van der Waals surface area contributed by atoms with Crippen molar-refractivity contribution in [1.29, 1.82) is 0 Å². The van der Waals surface area contributed by atoms with Crippen molar-refractivity contribution in [3.63, 3.8) is 0 Å². The molecule has 0 aliphatic carbocycles. The maximum absolute atomic E-state index is 12.3. The van der Waals surface area contributed by atoms with Gasteiger partial charge in [-0.25, -0.2) is 4.79 Å². The summed E-state index contributed by atoms with van der Waals surface area (Å²) < 4.78 is 5.12. The van der Waals surface area contributed by atoms with Crippen molar-refractivity contribution in [1.82, 2.24) is 5.32 Å². The Balaban J connectivity index is 1.91. The van der Waals surface area contributed by atoms with Crippen molar-refractivity contribution in [2.75, 3.05) is 0 Å². The Morgan fingerprint density at radius 2 is 1.95 bits per heavy atom. The van der Waals surface area contributed by atoms with E-state index in [0.29, 0.717) is 4.88 Å². The average Bonchev–Trinajstić information content (AvgIpc) is 3.08. The van der Waals surface area contributed by atoms with Gasteiger partial charge in [0.15, 0.2) is 6.10 Å². The summed E-state index contributed by atoms with van der Waals surface area (Å²) in [5, 5.41) is 4.51. The third-order valence-corrected chi connectivity index (χ3v) is 3.88. The number of nitrogens with one attached hydrogen (secondary N) is 1. The third kappa shape index (κ3) is 2.24. The highest BCUT2D eigenvalue weighted by atomic mass is 32.1. The number of thiophene rings is 1. The number of Topliss-reactive ketones (excluding diaryl/α,β-unsaturated/α-hetero) is 1. The van der Waals surface area contributed by atoms with Crippen LogP contribution in [0.4, 0.5) is 4.79 Å². The second kappa shape index (κ2) is 4.85. The molecule has 1 aliphatic rings. The number of benzene rings is 1. The molecule has 1 amide bonds. The molecule has 0 radical (unpaired) electrons. The molecule has 1 fully saturated rings. The van der Waals surface area contributed by atoms with Gasteiger partial charge < -0.3 is 10.1 Å². The van der Waals surface area contributed by atoms with Crippen molar-refractivity contribution in [3.05, 3.63) is 58.3 Å². The molecule has 1 aromatic carbocycles. The lowest BCUT2D eigenvalue weighted by atomic mass is 9.99. The van der Waals surface area contributed by atoms with Crippen LogP contribution in [0.5, 0.6) is 0 Å². The van der Waals surface area contributed by atoms with E-state index >= 15 is 0 Å². The normalized spacial score (nSPS) is 21.8. The molecular weight excluding hydrogens is 262 g/mol. The predicted octanol–water partition coefficient (Wildman–Crippen LogP) is 2.78. The Kier molecular flexibility index (Phi) is 3.05. The van der Waals surface area contributed by atoms with Crippen molar-refractivity contribution < 1.29 is 14.3 Å². The van der Waals surface area contributed by atoms with Crippen molar-refractivity contribution in [2.24, 2.45) is 0 Å². The molecular formula is C14H11NO3S. The summed E-state index contributed by atoms with van der Waals surface area (Å²) in [6, 6.07) is 12.5. The average molecular weight is 273 g/mol. The zero-order chi connectivity index (χ0) is 13.2. The number of cyclic esters (lactones) is 1. The fourth-order valence-corrected chi connectivity index (χ4v) is 2.80. The number of hydrogen-bond donors (Lipinski definition) is 1. The van der Waals surface area contributed by atoms with Gasteiger partial charge in [0.05, 0.1) is 4.88 Å². The van der Waals surface area contributed by atoms with Crippen LogP contribution < -0.4 is 5.32 Å². The van der Waals surface area contributed by atoms with Gasteiger partial charge >= 0.3 is 6.09 Å². The summed E-state index contributed by atoms with van der Waals surface area (Å²) in [4.78, 5) is 24.4. The van der Waals surface area contributed by atoms with E-state index in [-0.39, 0.29) is 5.78 Å². The summed E-state index contributed by atoms with van der Waals surface area (Å²) in [6.07, 6.45) is -1.35. The Morgan fingerprint density at radius 1 is 1.16 bits per heavy atom. The molecule has 2 atom stereocenters. The first kappa shape index (κ1) is 11.9. The van der Waals surface area contributed by atoms with Gasteiger partial charge in [-0.3, -0.25) is 4.79 Å². The highest BCUT2D eigenvalue weighted by molar-refractivity contribution is 7.12. The Hall–Kier alpha value is -2.14. The lowest BCUT2D eigenvalue weighted by molar-refractivity contribution is 0.0726. The third-order valence-electron chi connectivity index (χ3n) is 2.99. The predicted molar refractivity (Wildman–Crippen MR) is 71.2 cm³/mol. The number of rotatable bonds is 3. The van der Waals surface area contributed by atoms with E-state index < -0.39 is 18.2 Å². The van der Waals surface area contributed by atoms with Gasteiger partial charge in [-0.15, -0.1) is 11.3 Å². The van der Waals surface area contributed by atoms with E-state index in [1.807, 2.05) is 35.7 Å². The van der Waals surface area contributed by atoms with Crippen molar-refractivity contribution >= 4 is 23.2 Å². The van der Waals surface area contributed by atoms with Gasteiger partial charge in [0, 0.05) is 0 Å². The second-order valence-electron chi connectivity index (χ2n) is 4.20. The molecule has 2 heterocycles. The Labute approximate surface area is 114 Å². The molecule has 96 valence electrons. The number of amides is 1. The van der Waals surface area contributed by atoms with E-state index in [0.717, 1.165) is 5.56 Å².